The summed E-state index contributed by atoms with van der Waals surface area (Å²) in [5.74, 6) is 0.596. The molecule has 0 aromatic carbocycles. The number of ether oxygens (including phenoxy) is 1. The molecule has 2 rings (SSSR count). The first-order valence-electron chi connectivity index (χ1n) is 6.52. The highest BCUT2D eigenvalue weighted by molar-refractivity contribution is 7.99. The van der Waals surface area contributed by atoms with Gasteiger partial charge in [0.25, 0.3) is 0 Å². The number of hydrogen-bond acceptors (Lipinski definition) is 5. The van der Waals surface area contributed by atoms with Crippen LogP contribution in [0, 0.1) is 0 Å². The van der Waals surface area contributed by atoms with Gasteiger partial charge in [0.1, 0.15) is 6.33 Å². The number of aliphatic hydroxyl groups is 1. The van der Waals surface area contributed by atoms with Crippen molar-refractivity contribution in [1.29, 1.82) is 0 Å². The van der Waals surface area contributed by atoms with Crippen LogP contribution in [0.4, 0.5) is 0 Å². The number of nitrogens with zero attached hydrogens (tertiary/aromatic N) is 3. The molecule has 0 spiro atoms. The zero-order chi connectivity index (χ0) is 12.8. The number of aliphatic hydroxyl groups excluding tert-OH is 1. The average molecular weight is 271 g/mol. The summed E-state index contributed by atoms with van der Waals surface area (Å²) < 4.78 is 7.59. The van der Waals surface area contributed by atoms with E-state index in [0.29, 0.717) is 18.5 Å². The molecule has 1 fully saturated rings. The van der Waals surface area contributed by atoms with Crippen LogP contribution < -0.4 is 0 Å². The molecule has 102 valence electrons. The zero-order valence-electron chi connectivity index (χ0n) is 10.8. The standard InChI is InChI=1S/C12H21N3O2S/c1-15-9-13-14-12(15)18-8-10(16)7-17-11-5-3-2-4-6-11/h9-11,16H,2-8H2,1H3. The van der Waals surface area contributed by atoms with Gasteiger partial charge in [0.05, 0.1) is 18.8 Å². The smallest absolute Gasteiger partial charge is 0.190 e. The lowest BCUT2D eigenvalue weighted by atomic mass is 9.98. The summed E-state index contributed by atoms with van der Waals surface area (Å²) in [5.41, 5.74) is 0. The molecule has 6 heteroatoms. The van der Waals surface area contributed by atoms with Gasteiger partial charge in [0.15, 0.2) is 5.16 Å². The molecule has 1 aromatic rings. The van der Waals surface area contributed by atoms with Gasteiger partial charge in [-0.15, -0.1) is 10.2 Å². The second-order valence-corrected chi connectivity index (χ2v) is 5.77. The summed E-state index contributed by atoms with van der Waals surface area (Å²) in [6, 6.07) is 0. The summed E-state index contributed by atoms with van der Waals surface area (Å²) in [6.45, 7) is 0.426. The van der Waals surface area contributed by atoms with Crippen LogP contribution in [0.1, 0.15) is 32.1 Å². The maximum absolute atomic E-state index is 9.87. The summed E-state index contributed by atoms with van der Waals surface area (Å²) >= 11 is 1.51. The first-order chi connectivity index (χ1) is 8.75. The van der Waals surface area contributed by atoms with E-state index in [1.54, 1.807) is 6.33 Å². The molecule has 18 heavy (non-hydrogen) atoms. The van der Waals surface area contributed by atoms with Gasteiger partial charge >= 0.3 is 0 Å². The Balaban J connectivity index is 1.62. The normalized spacial score (nSPS) is 19.0. The molecule has 5 nitrogen and oxygen atoms in total. The van der Waals surface area contributed by atoms with E-state index in [1.807, 2.05) is 11.6 Å². The Morgan fingerprint density at radius 2 is 2.28 bits per heavy atom. The molecule has 1 heterocycles. The van der Waals surface area contributed by atoms with Crippen LogP contribution in [0.3, 0.4) is 0 Å². The van der Waals surface area contributed by atoms with Gasteiger partial charge in [-0.05, 0) is 12.8 Å². The van der Waals surface area contributed by atoms with E-state index >= 15 is 0 Å². The first-order valence-corrected chi connectivity index (χ1v) is 7.50. The van der Waals surface area contributed by atoms with Gasteiger partial charge in [-0.1, -0.05) is 31.0 Å². The van der Waals surface area contributed by atoms with Gasteiger partial charge in [-0.25, -0.2) is 0 Å². The van der Waals surface area contributed by atoms with Crippen LogP contribution in [0.5, 0.6) is 0 Å². The van der Waals surface area contributed by atoms with Crippen LogP contribution >= 0.6 is 11.8 Å². The molecule has 0 amide bonds. The van der Waals surface area contributed by atoms with Crippen LogP contribution in [0.25, 0.3) is 0 Å². The number of aryl methyl sites for hydroxylation is 1. The molecule has 1 atom stereocenters. The van der Waals surface area contributed by atoms with Crippen molar-refractivity contribution in [3.63, 3.8) is 0 Å². The van der Waals surface area contributed by atoms with Crippen molar-refractivity contribution in [2.45, 2.75) is 49.5 Å². The third kappa shape index (κ3) is 4.26. The molecule has 1 unspecified atom stereocenters. The Kier molecular flexibility index (Phi) is 5.46. The molecule has 1 aromatic heterocycles. The fraction of sp³-hybridized carbons (Fsp3) is 0.833. The van der Waals surface area contributed by atoms with Gasteiger partial charge in [0.2, 0.25) is 0 Å². The van der Waals surface area contributed by atoms with Crippen molar-refractivity contribution in [1.82, 2.24) is 14.8 Å². The lowest BCUT2D eigenvalue weighted by Crippen LogP contribution is -2.25. The van der Waals surface area contributed by atoms with Crippen molar-refractivity contribution < 1.29 is 9.84 Å². The second kappa shape index (κ2) is 7.11. The van der Waals surface area contributed by atoms with Crippen LogP contribution in [-0.4, -0.2) is 44.4 Å². The first kappa shape index (κ1) is 13.8. The van der Waals surface area contributed by atoms with E-state index < -0.39 is 6.10 Å². The second-order valence-electron chi connectivity index (χ2n) is 4.78. The van der Waals surface area contributed by atoms with Gasteiger partial charge in [-0.3, -0.25) is 0 Å². The topological polar surface area (TPSA) is 60.2 Å². The average Bonchev–Trinajstić information content (AvgIpc) is 2.81. The maximum atomic E-state index is 9.87. The van der Waals surface area contributed by atoms with Crippen molar-refractivity contribution in [2.24, 2.45) is 7.05 Å². The van der Waals surface area contributed by atoms with E-state index in [9.17, 15) is 5.11 Å². The number of rotatable bonds is 6. The summed E-state index contributed by atoms with van der Waals surface area (Å²) in [4.78, 5) is 0. The van der Waals surface area contributed by atoms with Crippen molar-refractivity contribution in [3.05, 3.63) is 6.33 Å². The lowest BCUT2D eigenvalue weighted by molar-refractivity contribution is -0.0165. The Morgan fingerprint density at radius 3 is 2.94 bits per heavy atom. The van der Waals surface area contributed by atoms with Crippen molar-refractivity contribution in [3.8, 4) is 0 Å². The Labute approximate surface area is 112 Å². The highest BCUT2D eigenvalue weighted by Gasteiger charge is 2.16. The van der Waals surface area contributed by atoms with Gasteiger partial charge < -0.3 is 14.4 Å². The predicted octanol–water partition coefficient (Wildman–Crippen LogP) is 1.62. The van der Waals surface area contributed by atoms with Crippen LogP contribution in [0.15, 0.2) is 11.5 Å². The summed E-state index contributed by atoms with van der Waals surface area (Å²) in [7, 11) is 1.90. The van der Waals surface area contributed by atoms with E-state index in [2.05, 4.69) is 10.2 Å². The summed E-state index contributed by atoms with van der Waals surface area (Å²) in [5, 5.41) is 18.5. The molecule has 0 saturated heterocycles. The van der Waals surface area contributed by atoms with Gasteiger partial charge in [0, 0.05) is 12.8 Å². The van der Waals surface area contributed by atoms with E-state index in [-0.39, 0.29) is 0 Å². The minimum Gasteiger partial charge on any atom is -0.390 e. The third-order valence-electron chi connectivity index (χ3n) is 3.15. The van der Waals surface area contributed by atoms with Crippen LogP contribution in [-0.2, 0) is 11.8 Å². The fourth-order valence-corrected chi connectivity index (χ4v) is 2.89. The Bertz CT molecular complexity index is 353. The quantitative estimate of drug-likeness (QED) is 0.797. The fourth-order valence-electron chi connectivity index (χ4n) is 2.10. The zero-order valence-corrected chi connectivity index (χ0v) is 11.6. The lowest BCUT2D eigenvalue weighted by Gasteiger charge is -2.23. The van der Waals surface area contributed by atoms with E-state index in [1.165, 1.54) is 31.0 Å². The molecule has 1 aliphatic rings. The molecule has 0 aliphatic heterocycles. The number of aromatic nitrogens is 3. The maximum Gasteiger partial charge on any atom is 0.190 e. The highest BCUT2D eigenvalue weighted by Crippen LogP contribution is 2.21. The minimum absolute atomic E-state index is 0.355. The number of thioether (sulfide) groups is 1. The molecule has 0 bridgehead atoms. The Morgan fingerprint density at radius 1 is 1.50 bits per heavy atom. The highest BCUT2D eigenvalue weighted by atomic mass is 32.2. The largest absolute Gasteiger partial charge is 0.390 e. The minimum atomic E-state index is -0.436. The monoisotopic (exact) mass is 271 g/mol. The van der Waals surface area contributed by atoms with E-state index in [0.717, 1.165) is 18.0 Å². The molecule has 1 N–H and O–H groups in total. The van der Waals surface area contributed by atoms with Crippen molar-refractivity contribution >= 4 is 11.8 Å². The predicted molar refractivity (Wildman–Crippen MR) is 70.6 cm³/mol. The molecule has 0 radical (unpaired) electrons. The third-order valence-corrected chi connectivity index (χ3v) is 4.33. The molecular weight excluding hydrogens is 250 g/mol. The van der Waals surface area contributed by atoms with Gasteiger partial charge in [-0.2, -0.15) is 0 Å². The SMILES string of the molecule is Cn1cnnc1SCC(O)COC1CCCCC1. The molecular formula is C12H21N3O2S. The van der Waals surface area contributed by atoms with E-state index in [4.69, 9.17) is 4.74 Å². The van der Waals surface area contributed by atoms with Crippen LogP contribution in [0.2, 0.25) is 0 Å². The van der Waals surface area contributed by atoms with Crippen molar-refractivity contribution in [2.75, 3.05) is 12.4 Å². The summed E-state index contributed by atoms with van der Waals surface area (Å²) in [6.07, 6.45) is 7.70. The molecule has 1 aliphatic carbocycles. The molecule has 1 saturated carbocycles. The number of hydrogen-bond donors (Lipinski definition) is 1. The Hall–Kier alpha value is -0.590.